The number of nitrogens with zero attached hydrogens (tertiary/aromatic N) is 1. The van der Waals surface area contributed by atoms with E-state index in [1.807, 2.05) is 0 Å². The number of nitrogens with one attached hydrogen (secondary N) is 1. The molecule has 0 saturated carbocycles. The molecule has 2 fully saturated rings. The van der Waals surface area contributed by atoms with Gasteiger partial charge in [-0.2, -0.15) is 0 Å². The Kier molecular flexibility index (Phi) is 3.45. The third-order valence-corrected chi connectivity index (χ3v) is 3.89. The minimum absolute atomic E-state index is 0.793. The van der Waals surface area contributed by atoms with Crippen molar-refractivity contribution in [1.29, 1.82) is 0 Å². The smallest absolute Gasteiger partial charge is 0.0195 e. The molecule has 0 aromatic heterocycles. The Hall–Kier alpha value is -0.0800. The summed E-state index contributed by atoms with van der Waals surface area (Å²) in [6.07, 6.45) is 4.19. The third-order valence-electron chi connectivity index (χ3n) is 3.89. The van der Waals surface area contributed by atoms with Crippen LogP contribution in [0.3, 0.4) is 0 Å². The summed E-state index contributed by atoms with van der Waals surface area (Å²) < 4.78 is 0. The first kappa shape index (κ1) is 10.4. The van der Waals surface area contributed by atoms with E-state index in [-0.39, 0.29) is 0 Å². The van der Waals surface area contributed by atoms with Crippen molar-refractivity contribution in [2.24, 2.45) is 11.8 Å². The highest BCUT2D eigenvalue weighted by Crippen LogP contribution is 2.24. The van der Waals surface area contributed by atoms with Crippen molar-refractivity contribution >= 4 is 0 Å². The van der Waals surface area contributed by atoms with Crippen molar-refractivity contribution in [3.63, 3.8) is 0 Å². The second-order valence-corrected chi connectivity index (χ2v) is 5.35. The average molecular weight is 196 g/mol. The molecule has 2 atom stereocenters. The lowest BCUT2D eigenvalue weighted by molar-refractivity contribution is 0.278. The predicted octanol–water partition coefficient (Wildman–Crippen LogP) is 1.72. The summed E-state index contributed by atoms with van der Waals surface area (Å²) in [5, 5.41) is 3.59. The minimum Gasteiger partial charge on any atom is -0.313 e. The molecule has 0 bridgehead atoms. The van der Waals surface area contributed by atoms with Gasteiger partial charge in [0.2, 0.25) is 0 Å². The van der Waals surface area contributed by atoms with E-state index in [1.165, 1.54) is 45.4 Å². The molecule has 2 aliphatic heterocycles. The van der Waals surface area contributed by atoms with Crippen LogP contribution < -0.4 is 5.32 Å². The third kappa shape index (κ3) is 2.48. The normalized spacial score (nSPS) is 34.5. The summed E-state index contributed by atoms with van der Waals surface area (Å²) in [5.41, 5.74) is 0. The van der Waals surface area contributed by atoms with Crippen LogP contribution in [0.1, 0.15) is 33.1 Å². The number of hydrogen-bond acceptors (Lipinski definition) is 2. The summed E-state index contributed by atoms with van der Waals surface area (Å²) >= 11 is 0. The molecule has 14 heavy (non-hydrogen) atoms. The number of rotatable bonds is 3. The maximum atomic E-state index is 3.59. The molecule has 2 unspecified atom stereocenters. The maximum absolute atomic E-state index is 3.59. The lowest BCUT2D eigenvalue weighted by Crippen LogP contribution is -2.36. The summed E-state index contributed by atoms with van der Waals surface area (Å²) in [7, 11) is 0. The molecule has 2 heteroatoms. The van der Waals surface area contributed by atoms with E-state index in [4.69, 9.17) is 0 Å². The zero-order valence-corrected chi connectivity index (χ0v) is 9.63. The molecule has 82 valence electrons. The van der Waals surface area contributed by atoms with Gasteiger partial charge in [-0.25, -0.2) is 0 Å². The summed E-state index contributed by atoms with van der Waals surface area (Å²) in [4.78, 5) is 2.66. The Bertz CT molecular complexity index is 173. The molecular formula is C12H24N2. The minimum atomic E-state index is 0.793. The Morgan fingerprint density at radius 3 is 2.79 bits per heavy atom. The Balaban J connectivity index is 1.72. The lowest BCUT2D eigenvalue weighted by atomic mass is 9.95. The van der Waals surface area contributed by atoms with Gasteiger partial charge < -0.3 is 10.2 Å². The summed E-state index contributed by atoms with van der Waals surface area (Å²) in [6.45, 7) is 9.94. The van der Waals surface area contributed by atoms with E-state index in [2.05, 4.69) is 24.1 Å². The van der Waals surface area contributed by atoms with Gasteiger partial charge in [0.15, 0.2) is 0 Å². The van der Waals surface area contributed by atoms with Crippen molar-refractivity contribution in [1.82, 2.24) is 10.2 Å². The first-order valence-electron chi connectivity index (χ1n) is 6.21. The molecular weight excluding hydrogens is 172 g/mol. The molecule has 2 nitrogen and oxygen atoms in total. The van der Waals surface area contributed by atoms with Crippen LogP contribution in [-0.2, 0) is 0 Å². The van der Waals surface area contributed by atoms with Gasteiger partial charge in [0, 0.05) is 19.1 Å². The monoisotopic (exact) mass is 196 g/mol. The molecule has 0 spiro atoms. The van der Waals surface area contributed by atoms with E-state index in [9.17, 15) is 0 Å². The number of likely N-dealkylation sites (tertiary alicyclic amines) is 1. The molecule has 0 radical (unpaired) electrons. The molecule has 2 rings (SSSR count). The summed E-state index contributed by atoms with van der Waals surface area (Å²) in [6, 6.07) is 0.793. The van der Waals surface area contributed by atoms with Gasteiger partial charge in [0.05, 0.1) is 0 Å². The Labute approximate surface area is 88.1 Å². The van der Waals surface area contributed by atoms with Crippen molar-refractivity contribution in [2.45, 2.75) is 39.2 Å². The van der Waals surface area contributed by atoms with Gasteiger partial charge >= 0.3 is 0 Å². The zero-order valence-electron chi connectivity index (χ0n) is 9.63. The van der Waals surface area contributed by atoms with Crippen molar-refractivity contribution in [3.05, 3.63) is 0 Å². The fraction of sp³-hybridized carbons (Fsp3) is 1.00. The van der Waals surface area contributed by atoms with E-state index in [0.29, 0.717) is 0 Å². The standard InChI is InChI=1S/C12H24N2/c1-10(2)11-5-7-14(8-11)9-12-4-3-6-13-12/h10-13H,3-9H2,1-2H3. The maximum Gasteiger partial charge on any atom is 0.0195 e. The molecule has 2 aliphatic rings. The van der Waals surface area contributed by atoms with Crippen LogP contribution in [0.4, 0.5) is 0 Å². The van der Waals surface area contributed by atoms with Crippen LogP contribution in [0.15, 0.2) is 0 Å². The molecule has 0 aromatic rings. The van der Waals surface area contributed by atoms with E-state index in [1.54, 1.807) is 0 Å². The molecule has 2 heterocycles. The van der Waals surface area contributed by atoms with E-state index < -0.39 is 0 Å². The van der Waals surface area contributed by atoms with Gasteiger partial charge in [-0.1, -0.05) is 13.8 Å². The van der Waals surface area contributed by atoms with Gasteiger partial charge in [0.25, 0.3) is 0 Å². The highest BCUT2D eigenvalue weighted by molar-refractivity contribution is 4.83. The van der Waals surface area contributed by atoms with Crippen molar-refractivity contribution in [3.8, 4) is 0 Å². The van der Waals surface area contributed by atoms with Crippen LogP contribution >= 0.6 is 0 Å². The van der Waals surface area contributed by atoms with Crippen LogP contribution in [0, 0.1) is 11.8 Å². The van der Waals surface area contributed by atoms with Gasteiger partial charge in [-0.3, -0.25) is 0 Å². The lowest BCUT2D eigenvalue weighted by Gasteiger charge is -2.21. The Morgan fingerprint density at radius 2 is 2.21 bits per heavy atom. The van der Waals surface area contributed by atoms with Crippen LogP contribution in [-0.4, -0.2) is 37.1 Å². The van der Waals surface area contributed by atoms with Crippen molar-refractivity contribution < 1.29 is 0 Å². The predicted molar refractivity (Wildman–Crippen MR) is 60.4 cm³/mol. The fourth-order valence-electron chi connectivity index (χ4n) is 2.80. The van der Waals surface area contributed by atoms with Crippen LogP contribution in [0.2, 0.25) is 0 Å². The highest BCUT2D eigenvalue weighted by Gasteiger charge is 2.27. The van der Waals surface area contributed by atoms with Crippen LogP contribution in [0.25, 0.3) is 0 Å². The summed E-state index contributed by atoms with van der Waals surface area (Å²) in [5.74, 6) is 1.83. The van der Waals surface area contributed by atoms with E-state index in [0.717, 1.165) is 17.9 Å². The van der Waals surface area contributed by atoms with Gasteiger partial charge in [-0.05, 0) is 44.2 Å². The molecule has 0 amide bonds. The van der Waals surface area contributed by atoms with E-state index >= 15 is 0 Å². The van der Waals surface area contributed by atoms with Crippen molar-refractivity contribution in [2.75, 3.05) is 26.2 Å². The molecule has 0 aliphatic carbocycles. The molecule has 1 N–H and O–H groups in total. The average Bonchev–Trinajstić information content (AvgIpc) is 2.75. The largest absolute Gasteiger partial charge is 0.313 e. The SMILES string of the molecule is CC(C)C1CCN(CC2CCCN2)C1. The second kappa shape index (κ2) is 4.63. The van der Waals surface area contributed by atoms with Gasteiger partial charge in [0.1, 0.15) is 0 Å². The molecule has 0 aromatic carbocycles. The zero-order chi connectivity index (χ0) is 9.97. The highest BCUT2D eigenvalue weighted by atomic mass is 15.2. The first-order chi connectivity index (χ1) is 6.75. The fourth-order valence-corrected chi connectivity index (χ4v) is 2.80. The first-order valence-corrected chi connectivity index (χ1v) is 6.21. The number of hydrogen-bond donors (Lipinski definition) is 1. The quantitative estimate of drug-likeness (QED) is 0.739. The molecule has 2 saturated heterocycles. The topological polar surface area (TPSA) is 15.3 Å². The Morgan fingerprint density at radius 1 is 1.36 bits per heavy atom. The van der Waals surface area contributed by atoms with Crippen LogP contribution in [0.5, 0.6) is 0 Å². The second-order valence-electron chi connectivity index (χ2n) is 5.35. The van der Waals surface area contributed by atoms with Gasteiger partial charge in [-0.15, -0.1) is 0 Å².